The van der Waals surface area contributed by atoms with Crippen LogP contribution in [0.4, 0.5) is 11.6 Å². The summed E-state index contributed by atoms with van der Waals surface area (Å²) in [6, 6.07) is 10.7. The molecule has 0 saturated carbocycles. The molecule has 112 valence electrons. The number of anilines is 2. The monoisotopic (exact) mass is 284 g/mol. The number of hydrogen-bond acceptors (Lipinski definition) is 4. The molecule has 0 radical (unpaired) electrons. The highest BCUT2D eigenvalue weighted by Crippen LogP contribution is 2.26. The third kappa shape index (κ3) is 3.51. The maximum Gasteiger partial charge on any atom is 0.135 e. The Morgan fingerprint density at radius 1 is 1.05 bits per heavy atom. The molecular formula is C17H24N4. The molecule has 4 heteroatoms. The minimum atomic E-state index is 0.259. The van der Waals surface area contributed by atoms with Gasteiger partial charge in [0.2, 0.25) is 0 Å². The Morgan fingerprint density at radius 3 is 2.29 bits per heavy atom. The topological polar surface area (TPSA) is 49.8 Å². The Morgan fingerprint density at radius 2 is 1.71 bits per heavy atom. The molecule has 0 aliphatic rings. The first kappa shape index (κ1) is 15.3. The summed E-state index contributed by atoms with van der Waals surface area (Å²) >= 11 is 0. The molecule has 1 aromatic heterocycles. The van der Waals surface area contributed by atoms with Crippen molar-refractivity contribution in [2.75, 3.05) is 17.7 Å². The number of nitrogens with zero attached hydrogens (tertiary/aromatic N) is 2. The highest BCUT2D eigenvalue weighted by molar-refractivity contribution is 5.57. The Bertz CT molecular complexity index is 581. The summed E-state index contributed by atoms with van der Waals surface area (Å²) in [5, 5.41) is 6.72. The fourth-order valence-electron chi connectivity index (χ4n) is 2.38. The van der Waals surface area contributed by atoms with Crippen molar-refractivity contribution in [3.8, 4) is 0 Å². The van der Waals surface area contributed by atoms with E-state index in [9.17, 15) is 0 Å². The SMILES string of the molecule is CCc1nc(NC)c(C)c(NC(CC)c2ccccc2)n1. The van der Waals surface area contributed by atoms with Crippen molar-refractivity contribution in [2.45, 2.75) is 39.7 Å². The van der Waals surface area contributed by atoms with Crippen LogP contribution in [0.15, 0.2) is 30.3 Å². The number of nitrogens with one attached hydrogen (secondary N) is 2. The third-order valence-corrected chi connectivity index (χ3v) is 3.67. The van der Waals surface area contributed by atoms with Gasteiger partial charge >= 0.3 is 0 Å². The molecule has 0 bridgehead atoms. The molecule has 0 spiro atoms. The van der Waals surface area contributed by atoms with Crippen molar-refractivity contribution in [1.29, 1.82) is 0 Å². The van der Waals surface area contributed by atoms with Crippen molar-refractivity contribution in [3.05, 3.63) is 47.3 Å². The number of aryl methyl sites for hydroxylation is 1. The van der Waals surface area contributed by atoms with Crippen molar-refractivity contribution < 1.29 is 0 Å². The van der Waals surface area contributed by atoms with E-state index >= 15 is 0 Å². The number of aromatic nitrogens is 2. The molecular weight excluding hydrogens is 260 g/mol. The molecule has 21 heavy (non-hydrogen) atoms. The lowest BCUT2D eigenvalue weighted by Gasteiger charge is -2.21. The van der Waals surface area contributed by atoms with Gasteiger partial charge in [-0.15, -0.1) is 0 Å². The van der Waals surface area contributed by atoms with Gasteiger partial charge in [-0.3, -0.25) is 0 Å². The molecule has 1 atom stereocenters. The quantitative estimate of drug-likeness (QED) is 0.843. The molecule has 1 unspecified atom stereocenters. The summed E-state index contributed by atoms with van der Waals surface area (Å²) in [6.07, 6.45) is 1.83. The Hall–Kier alpha value is -2.10. The van der Waals surface area contributed by atoms with Crippen molar-refractivity contribution >= 4 is 11.6 Å². The molecule has 0 saturated heterocycles. The number of benzene rings is 1. The summed E-state index contributed by atoms with van der Waals surface area (Å²) < 4.78 is 0. The van der Waals surface area contributed by atoms with Crippen LogP contribution in [-0.4, -0.2) is 17.0 Å². The van der Waals surface area contributed by atoms with Gasteiger partial charge in [0.1, 0.15) is 17.5 Å². The predicted octanol–water partition coefficient (Wildman–Crippen LogP) is 3.95. The molecule has 4 nitrogen and oxygen atoms in total. The van der Waals surface area contributed by atoms with Crippen LogP contribution < -0.4 is 10.6 Å². The lowest BCUT2D eigenvalue weighted by molar-refractivity contribution is 0.739. The molecule has 0 aliphatic carbocycles. The molecule has 0 amide bonds. The van der Waals surface area contributed by atoms with E-state index in [2.05, 4.69) is 58.7 Å². The molecule has 0 aliphatic heterocycles. The van der Waals surface area contributed by atoms with E-state index in [0.717, 1.165) is 35.9 Å². The third-order valence-electron chi connectivity index (χ3n) is 3.67. The molecule has 1 aromatic carbocycles. The Balaban J connectivity index is 2.33. The van der Waals surface area contributed by atoms with Gasteiger partial charge in [-0.05, 0) is 18.9 Å². The van der Waals surface area contributed by atoms with Crippen LogP contribution in [0.2, 0.25) is 0 Å². The second-order valence-corrected chi connectivity index (χ2v) is 5.08. The van der Waals surface area contributed by atoms with E-state index in [1.807, 2.05) is 20.0 Å². The van der Waals surface area contributed by atoms with Crippen LogP contribution in [-0.2, 0) is 6.42 Å². The van der Waals surface area contributed by atoms with Crippen LogP contribution in [0.5, 0.6) is 0 Å². The average Bonchev–Trinajstić information content (AvgIpc) is 2.54. The summed E-state index contributed by atoms with van der Waals surface area (Å²) in [4.78, 5) is 9.16. The van der Waals surface area contributed by atoms with Crippen LogP contribution in [0.3, 0.4) is 0 Å². The van der Waals surface area contributed by atoms with Gasteiger partial charge in [-0.2, -0.15) is 0 Å². The zero-order valence-electron chi connectivity index (χ0n) is 13.3. The average molecular weight is 284 g/mol. The minimum absolute atomic E-state index is 0.259. The van der Waals surface area contributed by atoms with Crippen LogP contribution in [0, 0.1) is 6.92 Å². The van der Waals surface area contributed by atoms with E-state index in [-0.39, 0.29) is 6.04 Å². The second kappa shape index (κ2) is 7.07. The maximum atomic E-state index is 4.65. The molecule has 1 heterocycles. The van der Waals surface area contributed by atoms with E-state index in [1.165, 1.54) is 5.56 Å². The Labute approximate surface area is 127 Å². The first-order valence-corrected chi connectivity index (χ1v) is 7.56. The van der Waals surface area contributed by atoms with Crippen molar-refractivity contribution in [1.82, 2.24) is 9.97 Å². The standard InChI is InChI=1S/C17H24N4/c1-5-14(13-10-8-7-9-11-13)19-17-12(3)16(18-4)20-15(6-2)21-17/h7-11,14H,5-6H2,1-4H3,(H2,18,19,20,21). The molecule has 2 rings (SSSR count). The van der Waals surface area contributed by atoms with Gasteiger partial charge in [0.15, 0.2) is 0 Å². The fraction of sp³-hybridized carbons (Fsp3) is 0.412. The minimum Gasteiger partial charge on any atom is -0.373 e. The number of hydrogen-bond donors (Lipinski definition) is 2. The van der Waals surface area contributed by atoms with Crippen LogP contribution in [0.25, 0.3) is 0 Å². The highest BCUT2D eigenvalue weighted by Gasteiger charge is 2.14. The number of rotatable bonds is 6. The second-order valence-electron chi connectivity index (χ2n) is 5.08. The summed E-state index contributed by atoms with van der Waals surface area (Å²) in [7, 11) is 1.90. The lowest BCUT2D eigenvalue weighted by atomic mass is 10.0. The van der Waals surface area contributed by atoms with Gasteiger partial charge in [0.25, 0.3) is 0 Å². The van der Waals surface area contributed by atoms with Gasteiger partial charge in [-0.1, -0.05) is 44.2 Å². The van der Waals surface area contributed by atoms with Gasteiger partial charge in [-0.25, -0.2) is 9.97 Å². The normalized spacial score (nSPS) is 12.0. The molecule has 0 fully saturated rings. The zero-order chi connectivity index (χ0) is 15.2. The van der Waals surface area contributed by atoms with E-state index in [4.69, 9.17) is 0 Å². The fourth-order valence-corrected chi connectivity index (χ4v) is 2.38. The van der Waals surface area contributed by atoms with Gasteiger partial charge in [0, 0.05) is 19.0 Å². The van der Waals surface area contributed by atoms with E-state index < -0.39 is 0 Å². The lowest BCUT2D eigenvalue weighted by Crippen LogP contribution is -2.14. The predicted molar refractivity (Wildman–Crippen MR) is 88.8 cm³/mol. The van der Waals surface area contributed by atoms with Crippen molar-refractivity contribution in [2.24, 2.45) is 0 Å². The van der Waals surface area contributed by atoms with E-state index in [0.29, 0.717) is 0 Å². The maximum absolute atomic E-state index is 4.65. The Kier molecular flexibility index (Phi) is 5.14. The smallest absolute Gasteiger partial charge is 0.135 e. The largest absolute Gasteiger partial charge is 0.373 e. The summed E-state index contributed by atoms with van der Waals surface area (Å²) in [5.41, 5.74) is 2.34. The van der Waals surface area contributed by atoms with Crippen LogP contribution in [0.1, 0.15) is 43.3 Å². The van der Waals surface area contributed by atoms with Gasteiger partial charge in [0.05, 0.1) is 6.04 Å². The zero-order valence-corrected chi connectivity index (χ0v) is 13.3. The first-order valence-electron chi connectivity index (χ1n) is 7.56. The molecule has 2 N–H and O–H groups in total. The summed E-state index contributed by atoms with van der Waals surface area (Å²) in [5.74, 6) is 2.67. The van der Waals surface area contributed by atoms with Gasteiger partial charge < -0.3 is 10.6 Å². The summed E-state index contributed by atoms with van der Waals surface area (Å²) in [6.45, 7) is 6.30. The van der Waals surface area contributed by atoms with Crippen molar-refractivity contribution in [3.63, 3.8) is 0 Å². The van der Waals surface area contributed by atoms with Crippen LogP contribution >= 0.6 is 0 Å². The van der Waals surface area contributed by atoms with E-state index in [1.54, 1.807) is 0 Å². The highest BCUT2D eigenvalue weighted by atomic mass is 15.1. The molecule has 2 aromatic rings. The first-order chi connectivity index (χ1) is 10.2.